The molecule has 0 atom stereocenters. The Labute approximate surface area is 151 Å². The van der Waals surface area contributed by atoms with E-state index in [-0.39, 0.29) is 5.91 Å². The molecule has 2 aromatic rings. The molecule has 5 heteroatoms. The van der Waals surface area contributed by atoms with E-state index >= 15 is 0 Å². The highest BCUT2D eigenvalue weighted by Crippen LogP contribution is 2.13. The van der Waals surface area contributed by atoms with Crippen molar-refractivity contribution in [3.63, 3.8) is 0 Å². The minimum atomic E-state index is 0.148. The van der Waals surface area contributed by atoms with Crippen molar-refractivity contribution in [1.29, 1.82) is 0 Å². The lowest BCUT2D eigenvalue weighted by atomic mass is 10.1. The second-order valence-electron chi connectivity index (χ2n) is 6.63. The quantitative estimate of drug-likeness (QED) is 0.638. The molecule has 0 radical (unpaired) electrons. The number of carbonyl (C=O) groups excluding carboxylic acids is 1. The summed E-state index contributed by atoms with van der Waals surface area (Å²) in [6.45, 7) is 1.81. The number of amides is 1. The van der Waals surface area contributed by atoms with Gasteiger partial charge in [-0.15, -0.1) is 0 Å². The Morgan fingerprint density at radius 3 is 2.56 bits per heavy atom. The Morgan fingerprint density at radius 1 is 1.12 bits per heavy atom. The molecule has 1 N–H and O–H groups in total. The lowest BCUT2D eigenvalue weighted by molar-refractivity contribution is -0.121. The van der Waals surface area contributed by atoms with Crippen molar-refractivity contribution < 1.29 is 4.79 Å². The van der Waals surface area contributed by atoms with Crippen LogP contribution in [0.15, 0.2) is 43.0 Å². The summed E-state index contributed by atoms with van der Waals surface area (Å²) < 4.78 is 2.10. The normalized spacial score (nSPS) is 10.6. The van der Waals surface area contributed by atoms with Crippen LogP contribution >= 0.6 is 0 Å². The fourth-order valence-corrected chi connectivity index (χ4v) is 2.73. The first kappa shape index (κ1) is 19.0. The van der Waals surface area contributed by atoms with Crippen molar-refractivity contribution in [2.24, 2.45) is 0 Å². The van der Waals surface area contributed by atoms with Gasteiger partial charge in [-0.25, -0.2) is 4.98 Å². The van der Waals surface area contributed by atoms with Gasteiger partial charge in [-0.1, -0.05) is 25.0 Å². The van der Waals surface area contributed by atoms with Gasteiger partial charge in [-0.05, 0) is 37.0 Å². The van der Waals surface area contributed by atoms with E-state index in [0.717, 1.165) is 38.8 Å². The third kappa shape index (κ3) is 7.42. The zero-order valence-corrected chi connectivity index (χ0v) is 15.4. The van der Waals surface area contributed by atoms with Crippen molar-refractivity contribution in [1.82, 2.24) is 14.9 Å². The van der Waals surface area contributed by atoms with Gasteiger partial charge in [-0.3, -0.25) is 4.79 Å². The van der Waals surface area contributed by atoms with Crippen LogP contribution in [0.25, 0.3) is 0 Å². The van der Waals surface area contributed by atoms with Gasteiger partial charge in [0, 0.05) is 51.7 Å². The van der Waals surface area contributed by atoms with Crippen molar-refractivity contribution in [2.75, 3.05) is 25.5 Å². The zero-order chi connectivity index (χ0) is 17.9. The molecule has 0 aliphatic carbocycles. The minimum absolute atomic E-state index is 0.148. The van der Waals surface area contributed by atoms with E-state index in [2.05, 4.69) is 44.0 Å². The van der Waals surface area contributed by atoms with Crippen molar-refractivity contribution in [2.45, 2.75) is 45.1 Å². The van der Waals surface area contributed by atoms with Crippen molar-refractivity contribution >= 4 is 11.6 Å². The number of rotatable bonds is 11. The third-order valence-electron chi connectivity index (χ3n) is 4.32. The standard InChI is InChI=1S/C20H30N4O/c1-23(2)19-10-7-18(8-11-19)9-12-20(25)22-13-5-3-4-6-15-24-16-14-21-17-24/h7-8,10-11,14,16-17H,3-6,9,12-13,15H2,1-2H3,(H,22,25). The summed E-state index contributed by atoms with van der Waals surface area (Å²) in [4.78, 5) is 18.0. The van der Waals surface area contributed by atoms with E-state index in [1.807, 2.05) is 32.8 Å². The number of hydrogen-bond acceptors (Lipinski definition) is 3. The predicted molar refractivity (Wildman–Crippen MR) is 103 cm³/mol. The van der Waals surface area contributed by atoms with Crippen LogP contribution in [0.2, 0.25) is 0 Å². The Kier molecular flexibility index (Phi) is 8.02. The number of hydrogen-bond donors (Lipinski definition) is 1. The summed E-state index contributed by atoms with van der Waals surface area (Å²) in [6.07, 6.45) is 11.6. The van der Waals surface area contributed by atoms with Gasteiger partial charge < -0.3 is 14.8 Å². The largest absolute Gasteiger partial charge is 0.378 e. The molecule has 1 aromatic carbocycles. The number of unbranched alkanes of at least 4 members (excludes halogenated alkanes) is 3. The molecular weight excluding hydrogens is 312 g/mol. The van der Waals surface area contributed by atoms with Gasteiger partial charge >= 0.3 is 0 Å². The number of aryl methyl sites for hydroxylation is 2. The van der Waals surface area contributed by atoms with E-state index in [1.165, 1.54) is 17.7 Å². The Hall–Kier alpha value is -2.30. The molecule has 1 amide bonds. The highest BCUT2D eigenvalue weighted by Gasteiger charge is 2.02. The number of nitrogens with one attached hydrogen (secondary N) is 1. The first-order valence-corrected chi connectivity index (χ1v) is 9.14. The fourth-order valence-electron chi connectivity index (χ4n) is 2.73. The molecule has 0 bridgehead atoms. The van der Waals surface area contributed by atoms with Crippen LogP contribution in [0, 0.1) is 0 Å². The average Bonchev–Trinajstić information content (AvgIpc) is 3.13. The van der Waals surface area contributed by atoms with Gasteiger partial charge in [0.05, 0.1) is 6.33 Å². The molecule has 1 aromatic heterocycles. The molecular formula is C20H30N4O. The van der Waals surface area contributed by atoms with Gasteiger partial charge in [0.2, 0.25) is 5.91 Å². The number of aromatic nitrogens is 2. The molecule has 0 spiro atoms. The number of imidazole rings is 1. The molecule has 0 unspecified atom stereocenters. The maximum Gasteiger partial charge on any atom is 0.220 e. The summed E-state index contributed by atoms with van der Waals surface area (Å²) in [6, 6.07) is 8.39. The third-order valence-corrected chi connectivity index (χ3v) is 4.32. The summed E-state index contributed by atoms with van der Waals surface area (Å²) >= 11 is 0. The van der Waals surface area contributed by atoms with E-state index in [1.54, 1.807) is 0 Å². The molecule has 0 saturated heterocycles. The molecule has 25 heavy (non-hydrogen) atoms. The predicted octanol–water partition coefficient (Wildman–Crippen LogP) is 3.26. The second kappa shape index (κ2) is 10.5. The van der Waals surface area contributed by atoms with Gasteiger partial charge in [0.15, 0.2) is 0 Å². The maximum atomic E-state index is 11.9. The van der Waals surface area contributed by atoms with Gasteiger partial charge in [0.1, 0.15) is 0 Å². The SMILES string of the molecule is CN(C)c1ccc(CCC(=O)NCCCCCCn2ccnc2)cc1. The van der Waals surface area contributed by atoms with Crippen molar-refractivity contribution in [3.8, 4) is 0 Å². The minimum Gasteiger partial charge on any atom is -0.378 e. The summed E-state index contributed by atoms with van der Waals surface area (Å²) in [5.41, 5.74) is 2.39. The van der Waals surface area contributed by atoms with Crippen LogP contribution in [0.1, 0.15) is 37.7 Å². The second-order valence-corrected chi connectivity index (χ2v) is 6.63. The van der Waals surface area contributed by atoms with Gasteiger partial charge in [-0.2, -0.15) is 0 Å². The number of benzene rings is 1. The van der Waals surface area contributed by atoms with E-state index in [0.29, 0.717) is 6.42 Å². The summed E-state index contributed by atoms with van der Waals surface area (Å²) in [5.74, 6) is 0.148. The monoisotopic (exact) mass is 342 g/mol. The Balaban J connectivity index is 1.49. The molecule has 0 aliphatic heterocycles. The summed E-state index contributed by atoms with van der Waals surface area (Å²) in [5, 5.41) is 3.02. The molecule has 1 heterocycles. The molecule has 0 aliphatic rings. The Bertz CT molecular complexity index is 605. The average molecular weight is 342 g/mol. The number of anilines is 1. The summed E-state index contributed by atoms with van der Waals surface area (Å²) in [7, 11) is 4.06. The topological polar surface area (TPSA) is 50.2 Å². The first-order valence-electron chi connectivity index (χ1n) is 9.14. The smallest absolute Gasteiger partial charge is 0.220 e. The lowest BCUT2D eigenvalue weighted by Gasteiger charge is -2.12. The van der Waals surface area contributed by atoms with Crippen LogP contribution in [0.3, 0.4) is 0 Å². The van der Waals surface area contributed by atoms with E-state index < -0.39 is 0 Å². The van der Waals surface area contributed by atoms with E-state index in [9.17, 15) is 4.79 Å². The highest BCUT2D eigenvalue weighted by atomic mass is 16.1. The lowest BCUT2D eigenvalue weighted by Crippen LogP contribution is -2.24. The molecule has 5 nitrogen and oxygen atoms in total. The van der Waals surface area contributed by atoms with Gasteiger partial charge in [0.25, 0.3) is 0 Å². The zero-order valence-electron chi connectivity index (χ0n) is 15.4. The van der Waals surface area contributed by atoms with Crippen LogP contribution in [-0.2, 0) is 17.8 Å². The van der Waals surface area contributed by atoms with Crippen molar-refractivity contribution in [3.05, 3.63) is 48.5 Å². The molecule has 136 valence electrons. The Morgan fingerprint density at radius 2 is 1.88 bits per heavy atom. The first-order chi connectivity index (χ1) is 12.1. The fraction of sp³-hybridized carbons (Fsp3) is 0.500. The molecule has 0 saturated carbocycles. The van der Waals surface area contributed by atoms with Crippen LogP contribution in [-0.4, -0.2) is 36.1 Å². The van der Waals surface area contributed by atoms with Crippen LogP contribution < -0.4 is 10.2 Å². The highest BCUT2D eigenvalue weighted by molar-refractivity contribution is 5.76. The van der Waals surface area contributed by atoms with Crippen LogP contribution in [0.5, 0.6) is 0 Å². The number of nitrogens with zero attached hydrogens (tertiary/aromatic N) is 3. The number of carbonyl (C=O) groups is 1. The van der Waals surface area contributed by atoms with E-state index in [4.69, 9.17) is 0 Å². The molecule has 2 rings (SSSR count). The molecule has 0 fully saturated rings. The van der Waals surface area contributed by atoms with Crippen LogP contribution in [0.4, 0.5) is 5.69 Å². The maximum absolute atomic E-state index is 11.9.